The molecular formula is C21H24N2O4. The summed E-state index contributed by atoms with van der Waals surface area (Å²) in [4.78, 5) is 26.7. The first-order chi connectivity index (χ1) is 13.1. The Balaban J connectivity index is 1.79. The lowest BCUT2D eigenvalue weighted by Crippen LogP contribution is -2.27. The van der Waals surface area contributed by atoms with Gasteiger partial charge in [-0.05, 0) is 30.2 Å². The molecule has 1 heterocycles. The number of hydrogen-bond donors (Lipinski definition) is 1. The van der Waals surface area contributed by atoms with Crippen molar-refractivity contribution in [2.45, 2.75) is 26.3 Å². The summed E-state index contributed by atoms with van der Waals surface area (Å²) in [6.07, 6.45) is 1.14. The molecule has 2 aromatic rings. The predicted octanol–water partition coefficient (Wildman–Crippen LogP) is 2.93. The van der Waals surface area contributed by atoms with Crippen LogP contribution in [0.3, 0.4) is 0 Å². The Morgan fingerprint density at radius 3 is 2.59 bits per heavy atom. The number of nitrogens with one attached hydrogen (secondary N) is 1. The summed E-state index contributed by atoms with van der Waals surface area (Å²) in [6, 6.07) is 11.1. The van der Waals surface area contributed by atoms with Gasteiger partial charge in [0.25, 0.3) is 5.91 Å². The summed E-state index contributed by atoms with van der Waals surface area (Å²) in [5.41, 5.74) is 3.21. The van der Waals surface area contributed by atoms with Gasteiger partial charge in [0.1, 0.15) is 0 Å². The van der Waals surface area contributed by atoms with Crippen LogP contribution in [0, 0.1) is 0 Å². The normalized spacial score (nSPS) is 12.5. The smallest absolute Gasteiger partial charge is 0.251 e. The number of benzene rings is 2. The SMILES string of the molecule is CCC(=O)N1CCc2c(C(=O)NCc3cccc(OC)c3OC)cccc21. The fourth-order valence-corrected chi connectivity index (χ4v) is 3.46. The van der Waals surface area contributed by atoms with Gasteiger partial charge >= 0.3 is 0 Å². The van der Waals surface area contributed by atoms with Crippen molar-refractivity contribution < 1.29 is 19.1 Å². The van der Waals surface area contributed by atoms with Crippen LogP contribution in [-0.2, 0) is 17.8 Å². The van der Waals surface area contributed by atoms with E-state index in [1.54, 1.807) is 25.2 Å². The molecule has 0 saturated heterocycles. The van der Waals surface area contributed by atoms with E-state index in [0.29, 0.717) is 43.0 Å². The van der Waals surface area contributed by atoms with Gasteiger partial charge in [-0.25, -0.2) is 0 Å². The van der Waals surface area contributed by atoms with E-state index >= 15 is 0 Å². The summed E-state index contributed by atoms with van der Waals surface area (Å²) >= 11 is 0. The summed E-state index contributed by atoms with van der Waals surface area (Å²) < 4.78 is 10.7. The molecule has 0 bridgehead atoms. The number of anilines is 1. The van der Waals surface area contributed by atoms with Crippen LogP contribution >= 0.6 is 0 Å². The highest BCUT2D eigenvalue weighted by Gasteiger charge is 2.27. The van der Waals surface area contributed by atoms with Crippen LogP contribution < -0.4 is 19.7 Å². The highest BCUT2D eigenvalue weighted by molar-refractivity contribution is 6.01. The van der Waals surface area contributed by atoms with Gasteiger partial charge in [-0.2, -0.15) is 0 Å². The topological polar surface area (TPSA) is 67.9 Å². The molecule has 0 atom stereocenters. The Hall–Kier alpha value is -3.02. The molecule has 2 amide bonds. The molecule has 0 fully saturated rings. The van der Waals surface area contributed by atoms with E-state index in [1.165, 1.54) is 0 Å². The van der Waals surface area contributed by atoms with Gasteiger partial charge in [0.15, 0.2) is 11.5 Å². The van der Waals surface area contributed by atoms with Gasteiger partial charge in [-0.1, -0.05) is 25.1 Å². The molecule has 6 nitrogen and oxygen atoms in total. The van der Waals surface area contributed by atoms with Crippen molar-refractivity contribution in [2.75, 3.05) is 25.7 Å². The average molecular weight is 368 g/mol. The third-order valence-corrected chi connectivity index (χ3v) is 4.80. The maximum absolute atomic E-state index is 12.8. The minimum Gasteiger partial charge on any atom is -0.493 e. The number of nitrogens with zero attached hydrogens (tertiary/aromatic N) is 1. The van der Waals surface area contributed by atoms with Crippen molar-refractivity contribution in [3.8, 4) is 11.5 Å². The van der Waals surface area contributed by atoms with Crippen LogP contribution in [0.15, 0.2) is 36.4 Å². The molecule has 27 heavy (non-hydrogen) atoms. The molecule has 3 rings (SSSR count). The quantitative estimate of drug-likeness (QED) is 0.851. The van der Waals surface area contributed by atoms with E-state index in [1.807, 2.05) is 37.3 Å². The largest absolute Gasteiger partial charge is 0.493 e. The van der Waals surface area contributed by atoms with Crippen molar-refractivity contribution in [1.82, 2.24) is 5.32 Å². The molecule has 142 valence electrons. The molecule has 0 radical (unpaired) electrons. The molecular weight excluding hydrogens is 344 g/mol. The van der Waals surface area contributed by atoms with E-state index < -0.39 is 0 Å². The van der Waals surface area contributed by atoms with Gasteiger partial charge in [0.05, 0.1) is 14.2 Å². The van der Waals surface area contributed by atoms with Crippen LogP contribution in [0.25, 0.3) is 0 Å². The lowest BCUT2D eigenvalue weighted by molar-refractivity contribution is -0.118. The molecule has 0 saturated carbocycles. The van der Waals surface area contributed by atoms with E-state index in [0.717, 1.165) is 16.8 Å². The van der Waals surface area contributed by atoms with Crippen LogP contribution in [0.1, 0.15) is 34.8 Å². The van der Waals surface area contributed by atoms with Crippen LogP contribution in [0.4, 0.5) is 5.69 Å². The number of rotatable bonds is 6. The minimum atomic E-state index is -0.164. The van der Waals surface area contributed by atoms with Crippen molar-refractivity contribution in [1.29, 1.82) is 0 Å². The number of para-hydroxylation sites is 1. The lowest BCUT2D eigenvalue weighted by atomic mass is 10.0. The molecule has 0 aliphatic carbocycles. The summed E-state index contributed by atoms with van der Waals surface area (Å²) in [5.74, 6) is 1.15. The van der Waals surface area contributed by atoms with Gasteiger partial charge in [0, 0.05) is 36.3 Å². The van der Waals surface area contributed by atoms with Crippen LogP contribution in [-0.4, -0.2) is 32.6 Å². The van der Waals surface area contributed by atoms with Crippen molar-refractivity contribution in [3.05, 3.63) is 53.1 Å². The minimum absolute atomic E-state index is 0.0763. The fraction of sp³-hybridized carbons (Fsp3) is 0.333. The van der Waals surface area contributed by atoms with E-state index in [2.05, 4.69) is 5.32 Å². The molecule has 1 N–H and O–H groups in total. The van der Waals surface area contributed by atoms with E-state index in [-0.39, 0.29) is 11.8 Å². The van der Waals surface area contributed by atoms with E-state index in [9.17, 15) is 9.59 Å². The number of methoxy groups -OCH3 is 2. The zero-order valence-corrected chi connectivity index (χ0v) is 15.9. The first-order valence-corrected chi connectivity index (χ1v) is 9.01. The Morgan fingerprint density at radius 1 is 1.11 bits per heavy atom. The fourth-order valence-electron chi connectivity index (χ4n) is 3.46. The second-order valence-corrected chi connectivity index (χ2v) is 6.29. The number of carbonyl (C=O) groups excluding carboxylic acids is 2. The Morgan fingerprint density at radius 2 is 1.89 bits per heavy atom. The van der Waals surface area contributed by atoms with Crippen LogP contribution in [0.5, 0.6) is 11.5 Å². The molecule has 0 unspecified atom stereocenters. The predicted molar refractivity (Wildman–Crippen MR) is 104 cm³/mol. The molecule has 2 aromatic carbocycles. The second kappa shape index (κ2) is 8.12. The Labute approximate surface area is 159 Å². The number of fused-ring (bicyclic) bond motifs is 1. The average Bonchev–Trinajstić information content (AvgIpc) is 3.15. The van der Waals surface area contributed by atoms with E-state index in [4.69, 9.17) is 9.47 Å². The van der Waals surface area contributed by atoms with Gasteiger partial charge in [-0.15, -0.1) is 0 Å². The lowest BCUT2D eigenvalue weighted by Gasteiger charge is -2.17. The molecule has 0 spiro atoms. The zero-order valence-electron chi connectivity index (χ0n) is 15.9. The van der Waals surface area contributed by atoms with Gasteiger partial charge in [0.2, 0.25) is 5.91 Å². The number of carbonyl (C=O) groups is 2. The number of amides is 2. The Bertz CT molecular complexity index is 863. The summed E-state index contributed by atoms with van der Waals surface area (Å²) in [6.45, 7) is 2.79. The number of hydrogen-bond acceptors (Lipinski definition) is 4. The summed E-state index contributed by atoms with van der Waals surface area (Å²) in [5, 5.41) is 2.95. The molecule has 1 aliphatic rings. The maximum Gasteiger partial charge on any atom is 0.251 e. The van der Waals surface area contributed by atoms with Gasteiger partial charge in [-0.3, -0.25) is 9.59 Å². The van der Waals surface area contributed by atoms with Crippen LogP contribution in [0.2, 0.25) is 0 Å². The first-order valence-electron chi connectivity index (χ1n) is 9.01. The highest BCUT2D eigenvalue weighted by Crippen LogP contribution is 2.32. The second-order valence-electron chi connectivity index (χ2n) is 6.29. The monoisotopic (exact) mass is 368 g/mol. The third-order valence-electron chi connectivity index (χ3n) is 4.80. The molecule has 0 aromatic heterocycles. The maximum atomic E-state index is 12.8. The Kier molecular flexibility index (Phi) is 5.64. The molecule has 6 heteroatoms. The standard InChI is InChI=1S/C21H24N2O4/c1-4-19(24)23-12-11-15-16(8-6-9-17(15)23)21(25)22-13-14-7-5-10-18(26-2)20(14)27-3/h5-10H,4,11-13H2,1-3H3,(H,22,25). The van der Waals surface area contributed by atoms with Crippen molar-refractivity contribution >= 4 is 17.5 Å². The first kappa shape index (κ1) is 18.8. The highest BCUT2D eigenvalue weighted by atomic mass is 16.5. The van der Waals surface area contributed by atoms with Crippen molar-refractivity contribution in [3.63, 3.8) is 0 Å². The zero-order chi connectivity index (χ0) is 19.4. The van der Waals surface area contributed by atoms with Crippen molar-refractivity contribution in [2.24, 2.45) is 0 Å². The molecule has 1 aliphatic heterocycles. The third kappa shape index (κ3) is 3.60. The summed E-state index contributed by atoms with van der Waals surface area (Å²) in [7, 11) is 3.16. The number of ether oxygens (including phenoxy) is 2. The van der Waals surface area contributed by atoms with Gasteiger partial charge < -0.3 is 19.7 Å².